The normalized spacial score (nSPS) is 16.3. The predicted molar refractivity (Wildman–Crippen MR) is 68.2 cm³/mol. The average Bonchev–Trinajstić information content (AvgIpc) is 2.83. The molecule has 1 heterocycles. The lowest BCUT2D eigenvalue weighted by atomic mass is 10.3. The van der Waals surface area contributed by atoms with Crippen molar-refractivity contribution in [3.8, 4) is 0 Å². The predicted octanol–water partition coefficient (Wildman–Crippen LogP) is 2.08. The van der Waals surface area contributed by atoms with Gasteiger partial charge in [-0.25, -0.2) is 9.97 Å². The van der Waals surface area contributed by atoms with Crippen LogP contribution in [0, 0.1) is 0 Å². The van der Waals surface area contributed by atoms with Crippen LogP contribution < -0.4 is 11.1 Å². The topological polar surface area (TPSA) is 73.1 Å². The molecule has 17 heavy (non-hydrogen) atoms. The third kappa shape index (κ3) is 3.44. The van der Waals surface area contributed by atoms with E-state index in [1.807, 2.05) is 0 Å². The Morgan fingerprint density at radius 1 is 1.41 bits per heavy atom. The molecule has 0 amide bonds. The number of rotatable bonds is 5. The number of hydrogen-bond acceptors (Lipinski definition) is 5. The van der Waals surface area contributed by atoms with Gasteiger partial charge in [0.15, 0.2) is 5.82 Å². The monoisotopic (exact) mass is 256 g/mol. The third-order valence-corrected chi connectivity index (χ3v) is 3.24. The maximum Gasteiger partial charge on any atom is 0.150 e. The molecule has 1 aromatic rings. The highest BCUT2D eigenvalue weighted by Gasteiger charge is 2.14. The Hall–Kier alpha value is -1.07. The number of halogens is 1. The van der Waals surface area contributed by atoms with Crippen molar-refractivity contribution >= 4 is 23.2 Å². The Morgan fingerprint density at radius 2 is 2.18 bits per heavy atom. The van der Waals surface area contributed by atoms with Crippen LogP contribution in [0.4, 0.5) is 11.6 Å². The molecular weight excluding hydrogens is 240 g/mol. The van der Waals surface area contributed by atoms with Gasteiger partial charge in [-0.2, -0.15) is 0 Å². The summed E-state index contributed by atoms with van der Waals surface area (Å²) in [6.45, 7) is 1.33. The van der Waals surface area contributed by atoms with Crippen molar-refractivity contribution in [1.82, 2.24) is 9.97 Å². The number of nitrogens with one attached hydrogen (secondary N) is 1. The van der Waals surface area contributed by atoms with Gasteiger partial charge in [0.1, 0.15) is 17.2 Å². The SMILES string of the molecule is Nc1ncnc(NCCOC2CCCC2)c1Cl. The zero-order valence-electron chi connectivity index (χ0n) is 9.66. The molecule has 0 atom stereocenters. The number of anilines is 2. The fourth-order valence-electron chi connectivity index (χ4n) is 1.96. The second-order valence-electron chi connectivity index (χ2n) is 4.13. The fourth-order valence-corrected chi connectivity index (χ4v) is 2.12. The summed E-state index contributed by atoms with van der Waals surface area (Å²) in [6.07, 6.45) is 6.76. The van der Waals surface area contributed by atoms with E-state index >= 15 is 0 Å². The molecule has 0 saturated heterocycles. The average molecular weight is 257 g/mol. The zero-order valence-corrected chi connectivity index (χ0v) is 10.4. The van der Waals surface area contributed by atoms with Crippen LogP contribution in [0.1, 0.15) is 25.7 Å². The molecule has 0 bridgehead atoms. The molecule has 0 aromatic carbocycles. The molecule has 0 spiro atoms. The number of nitrogens with two attached hydrogens (primary N) is 1. The zero-order chi connectivity index (χ0) is 12.1. The molecule has 2 rings (SSSR count). The van der Waals surface area contributed by atoms with Crippen LogP contribution in [0.15, 0.2) is 6.33 Å². The molecule has 1 aliphatic rings. The van der Waals surface area contributed by atoms with Crippen LogP contribution in [-0.2, 0) is 4.74 Å². The molecule has 3 N–H and O–H groups in total. The van der Waals surface area contributed by atoms with Crippen molar-refractivity contribution in [3.63, 3.8) is 0 Å². The third-order valence-electron chi connectivity index (χ3n) is 2.87. The summed E-state index contributed by atoms with van der Waals surface area (Å²) < 4.78 is 5.71. The molecule has 0 radical (unpaired) electrons. The quantitative estimate of drug-likeness (QED) is 0.789. The Labute approximate surface area is 106 Å². The van der Waals surface area contributed by atoms with Crippen LogP contribution >= 0.6 is 11.6 Å². The van der Waals surface area contributed by atoms with E-state index in [2.05, 4.69) is 15.3 Å². The van der Waals surface area contributed by atoms with E-state index in [-0.39, 0.29) is 0 Å². The summed E-state index contributed by atoms with van der Waals surface area (Å²) in [5, 5.41) is 3.46. The molecule has 1 aromatic heterocycles. The molecule has 94 valence electrons. The fraction of sp³-hybridized carbons (Fsp3) is 0.636. The largest absolute Gasteiger partial charge is 0.382 e. The lowest BCUT2D eigenvalue weighted by molar-refractivity contribution is 0.0658. The number of aromatic nitrogens is 2. The first-order chi connectivity index (χ1) is 8.27. The van der Waals surface area contributed by atoms with Crippen molar-refractivity contribution in [3.05, 3.63) is 11.3 Å². The van der Waals surface area contributed by atoms with Crippen LogP contribution in [-0.4, -0.2) is 29.2 Å². The first-order valence-corrected chi connectivity index (χ1v) is 6.26. The Morgan fingerprint density at radius 3 is 2.94 bits per heavy atom. The van der Waals surface area contributed by atoms with E-state index < -0.39 is 0 Å². The molecular formula is C11H17ClN4O. The van der Waals surface area contributed by atoms with Gasteiger partial charge in [0, 0.05) is 6.54 Å². The van der Waals surface area contributed by atoms with Crippen LogP contribution in [0.5, 0.6) is 0 Å². The van der Waals surface area contributed by atoms with Gasteiger partial charge in [-0.1, -0.05) is 24.4 Å². The van der Waals surface area contributed by atoms with Gasteiger partial charge in [0.2, 0.25) is 0 Å². The lowest BCUT2D eigenvalue weighted by Crippen LogP contribution is -2.16. The number of nitrogen functional groups attached to an aromatic ring is 1. The van der Waals surface area contributed by atoms with Gasteiger partial charge in [-0.05, 0) is 12.8 Å². The highest BCUT2D eigenvalue weighted by molar-refractivity contribution is 6.35. The van der Waals surface area contributed by atoms with E-state index in [0.717, 1.165) is 0 Å². The Balaban J connectivity index is 1.72. The van der Waals surface area contributed by atoms with Gasteiger partial charge >= 0.3 is 0 Å². The van der Waals surface area contributed by atoms with Crippen LogP contribution in [0.3, 0.4) is 0 Å². The molecule has 1 saturated carbocycles. The first kappa shape index (κ1) is 12.4. The summed E-state index contributed by atoms with van der Waals surface area (Å²) in [5.41, 5.74) is 5.57. The molecule has 5 nitrogen and oxygen atoms in total. The van der Waals surface area contributed by atoms with Gasteiger partial charge in [-0.15, -0.1) is 0 Å². The van der Waals surface area contributed by atoms with E-state index in [1.165, 1.54) is 32.0 Å². The first-order valence-electron chi connectivity index (χ1n) is 5.89. The minimum Gasteiger partial charge on any atom is -0.382 e. The number of nitrogens with zero attached hydrogens (tertiary/aromatic N) is 2. The summed E-state index contributed by atoms with van der Waals surface area (Å²) in [7, 11) is 0. The minimum atomic E-state index is 0.292. The Kier molecular flexibility index (Phi) is 4.39. The highest BCUT2D eigenvalue weighted by atomic mass is 35.5. The second-order valence-corrected chi connectivity index (χ2v) is 4.50. The smallest absolute Gasteiger partial charge is 0.150 e. The van der Waals surface area contributed by atoms with E-state index in [9.17, 15) is 0 Å². The Bertz CT molecular complexity index is 368. The summed E-state index contributed by atoms with van der Waals surface area (Å²) in [6, 6.07) is 0. The molecule has 0 aliphatic heterocycles. The summed E-state index contributed by atoms with van der Waals surface area (Å²) >= 11 is 5.95. The van der Waals surface area contributed by atoms with E-state index in [0.29, 0.717) is 35.9 Å². The van der Waals surface area contributed by atoms with Gasteiger partial charge < -0.3 is 15.8 Å². The van der Waals surface area contributed by atoms with Crippen molar-refractivity contribution in [2.75, 3.05) is 24.2 Å². The molecule has 6 heteroatoms. The van der Waals surface area contributed by atoms with Crippen molar-refractivity contribution in [1.29, 1.82) is 0 Å². The molecule has 1 fully saturated rings. The maximum atomic E-state index is 5.95. The van der Waals surface area contributed by atoms with E-state index in [4.69, 9.17) is 22.1 Å². The number of hydrogen-bond donors (Lipinski definition) is 2. The minimum absolute atomic E-state index is 0.292. The standard InChI is InChI=1S/C11H17ClN4O/c12-9-10(13)15-7-16-11(9)14-5-6-17-8-3-1-2-4-8/h7-8H,1-6H2,(H3,13,14,15,16). The molecule has 0 unspecified atom stereocenters. The van der Waals surface area contributed by atoms with Gasteiger partial charge in [0.25, 0.3) is 0 Å². The van der Waals surface area contributed by atoms with Crippen LogP contribution in [0.2, 0.25) is 5.02 Å². The maximum absolute atomic E-state index is 5.95. The second kappa shape index (κ2) is 6.02. The van der Waals surface area contributed by atoms with Crippen molar-refractivity contribution < 1.29 is 4.74 Å². The lowest BCUT2D eigenvalue weighted by Gasteiger charge is -2.12. The van der Waals surface area contributed by atoms with Crippen LogP contribution in [0.25, 0.3) is 0 Å². The van der Waals surface area contributed by atoms with Gasteiger partial charge in [-0.3, -0.25) is 0 Å². The highest BCUT2D eigenvalue weighted by Crippen LogP contribution is 2.23. The summed E-state index contributed by atoms with van der Waals surface area (Å²) in [4.78, 5) is 7.81. The van der Waals surface area contributed by atoms with Crippen molar-refractivity contribution in [2.24, 2.45) is 0 Å². The van der Waals surface area contributed by atoms with Crippen molar-refractivity contribution in [2.45, 2.75) is 31.8 Å². The number of ether oxygens (including phenoxy) is 1. The van der Waals surface area contributed by atoms with Gasteiger partial charge in [0.05, 0.1) is 12.7 Å². The summed E-state index contributed by atoms with van der Waals surface area (Å²) in [5.74, 6) is 0.857. The van der Waals surface area contributed by atoms with E-state index in [1.54, 1.807) is 0 Å². The molecule has 1 aliphatic carbocycles.